The molecule has 0 bridgehead atoms. The van der Waals surface area contributed by atoms with Crippen LogP contribution >= 0.6 is 11.6 Å². The summed E-state index contributed by atoms with van der Waals surface area (Å²) in [5.74, 6) is 1.69. The fraction of sp³-hybridized carbons (Fsp3) is 0.500. The molecule has 168 valence electrons. The van der Waals surface area contributed by atoms with Gasteiger partial charge >= 0.3 is 6.09 Å². The van der Waals surface area contributed by atoms with Gasteiger partial charge in [0.25, 0.3) is 0 Å². The predicted molar refractivity (Wildman–Crippen MR) is 124 cm³/mol. The van der Waals surface area contributed by atoms with Crippen molar-refractivity contribution in [2.24, 2.45) is 0 Å². The number of ether oxygens (including phenoxy) is 1. The molecule has 1 aromatic carbocycles. The van der Waals surface area contributed by atoms with Crippen molar-refractivity contribution in [3.05, 3.63) is 46.8 Å². The van der Waals surface area contributed by atoms with Crippen molar-refractivity contribution in [3.8, 4) is 0 Å². The minimum atomic E-state index is -0.320. The number of aryl methyl sites for hydroxylation is 1. The van der Waals surface area contributed by atoms with Crippen LogP contribution < -0.4 is 4.90 Å². The smallest absolute Gasteiger partial charge is 0.414 e. The van der Waals surface area contributed by atoms with Crippen LogP contribution in [0.4, 0.5) is 10.5 Å². The van der Waals surface area contributed by atoms with Gasteiger partial charge in [0.05, 0.1) is 35.3 Å². The molecule has 1 amide bonds. The quantitative estimate of drug-likeness (QED) is 0.524. The van der Waals surface area contributed by atoms with Crippen LogP contribution in [0.5, 0.6) is 0 Å². The number of halogens is 1. The molecule has 1 aliphatic heterocycles. The Morgan fingerprint density at radius 3 is 2.62 bits per heavy atom. The van der Waals surface area contributed by atoms with Crippen LogP contribution in [0, 0.1) is 0 Å². The predicted octanol–water partition coefficient (Wildman–Crippen LogP) is 5.48. The average Bonchev–Trinajstić information content (AvgIpc) is 3.18. The topological polar surface area (TPSA) is 73.1 Å². The molecule has 5 rings (SSSR count). The summed E-state index contributed by atoms with van der Waals surface area (Å²) in [6.45, 7) is 2.06. The summed E-state index contributed by atoms with van der Waals surface area (Å²) in [6, 6.07) is 4.70. The Hall–Kier alpha value is -2.67. The molecular formula is C24H28ClN5O2. The highest BCUT2D eigenvalue weighted by Gasteiger charge is 2.32. The molecular weight excluding hydrogens is 426 g/mol. The number of amides is 1. The lowest BCUT2D eigenvalue weighted by Gasteiger charge is -2.34. The van der Waals surface area contributed by atoms with Gasteiger partial charge in [0, 0.05) is 30.0 Å². The summed E-state index contributed by atoms with van der Waals surface area (Å²) in [5, 5.41) is 0.528. The summed E-state index contributed by atoms with van der Waals surface area (Å²) < 4.78 is 7.49. The second-order valence-corrected chi connectivity index (χ2v) is 9.28. The zero-order chi connectivity index (χ0) is 22.2. The number of methoxy groups -OCH3 is 1. The van der Waals surface area contributed by atoms with Gasteiger partial charge in [-0.15, -0.1) is 0 Å². The van der Waals surface area contributed by atoms with Gasteiger partial charge in [-0.3, -0.25) is 4.90 Å². The Morgan fingerprint density at radius 2 is 1.91 bits per heavy atom. The van der Waals surface area contributed by atoms with Crippen LogP contribution in [-0.2, 0) is 17.6 Å². The van der Waals surface area contributed by atoms with E-state index < -0.39 is 0 Å². The molecule has 2 aromatic heterocycles. The molecule has 3 aromatic rings. The van der Waals surface area contributed by atoms with E-state index in [1.807, 2.05) is 0 Å². The minimum absolute atomic E-state index is 0.0924. The van der Waals surface area contributed by atoms with E-state index in [1.54, 1.807) is 17.3 Å². The van der Waals surface area contributed by atoms with Gasteiger partial charge in [-0.2, -0.15) is 0 Å². The first-order chi connectivity index (χ1) is 15.6. The van der Waals surface area contributed by atoms with Crippen molar-refractivity contribution in [3.63, 3.8) is 0 Å². The molecule has 1 fully saturated rings. The van der Waals surface area contributed by atoms with Gasteiger partial charge in [-0.25, -0.2) is 19.7 Å². The van der Waals surface area contributed by atoms with Gasteiger partial charge in [0.15, 0.2) is 0 Å². The van der Waals surface area contributed by atoms with Crippen molar-refractivity contribution in [2.75, 3.05) is 12.0 Å². The number of benzene rings is 1. The summed E-state index contributed by atoms with van der Waals surface area (Å²) >= 11 is 5.99. The molecule has 32 heavy (non-hydrogen) atoms. The lowest BCUT2D eigenvalue weighted by molar-refractivity contribution is 0.175. The average molecular weight is 454 g/mol. The normalized spacial score (nSPS) is 19.2. The van der Waals surface area contributed by atoms with Crippen molar-refractivity contribution < 1.29 is 9.53 Å². The van der Waals surface area contributed by atoms with Gasteiger partial charge in [0.2, 0.25) is 0 Å². The van der Waals surface area contributed by atoms with E-state index in [9.17, 15) is 4.79 Å². The molecule has 8 heteroatoms. The Morgan fingerprint density at radius 1 is 1.16 bits per heavy atom. The number of nitrogens with zero attached hydrogens (tertiary/aromatic N) is 5. The standard InChI is InChI=1S/C24H28ClN5O2/c1-15-8-9-18-19(29(15)24(31)32-2)10-11-20-23(18)28-22(12-21-26-13-16(25)14-27-21)30(20)17-6-4-3-5-7-17/h10-11,13-15,17H,3-9,12H2,1-2H3/t15-/m0/s1. The van der Waals surface area contributed by atoms with Crippen LogP contribution in [-0.4, -0.2) is 38.8 Å². The second-order valence-electron chi connectivity index (χ2n) is 8.84. The van der Waals surface area contributed by atoms with Gasteiger partial charge in [0.1, 0.15) is 11.6 Å². The first-order valence-electron chi connectivity index (χ1n) is 11.4. The van der Waals surface area contributed by atoms with Crippen molar-refractivity contribution >= 4 is 34.4 Å². The third kappa shape index (κ3) is 3.72. The number of imidazole rings is 1. The third-order valence-electron chi connectivity index (χ3n) is 6.83. The molecule has 0 saturated heterocycles. The highest BCUT2D eigenvalue weighted by molar-refractivity contribution is 6.30. The summed E-state index contributed by atoms with van der Waals surface area (Å²) in [4.78, 5) is 28.2. The van der Waals surface area contributed by atoms with E-state index in [0.29, 0.717) is 23.3 Å². The zero-order valence-corrected chi connectivity index (χ0v) is 19.3. The van der Waals surface area contributed by atoms with E-state index >= 15 is 0 Å². The number of hydrogen-bond acceptors (Lipinski definition) is 5. The largest absolute Gasteiger partial charge is 0.452 e. The molecule has 1 atom stereocenters. The summed E-state index contributed by atoms with van der Waals surface area (Å²) in [6.07, 6.45) is 11.3. The lowest BCUT2D eigenvalue weighted by Crippen LogP contribution is -2.42. The van der Waals surface area contributed by atoms with Crippen LogP contribution in [0.3, 0.4) is 0 Å². The Bertz CT molecular complexity index is 1140. The molecule has 0 spiro atoms. The number of fused-ring (bicyclic) bond motifs is 3. The number of carbonyl (C=O) groups excluding carboxylic acids is 1. The lowest BCUT2D eigenvalue weighted by atomic mass is 9.94. The third-order valence-corrected chi connectivity index (χ3v) is 7.02. The Labute approximate surface area is 192 Å². The van der Waals surface area contributed by atoms with E-state index in [-0.39, 0.29) is 12.1 Å². The van der Waals surface area contributed by atoms with Gasteiger partial charge < -0.3 is 9.30 Å². The maximum absolute atomic E-state index is 12.5. The van der Waals surface area contributed by atoms with E-state index in [0.717, 1.165) is 53.8 Å². The zero-order valence-electron chi connectivity index (χ0n) is 18.6. The monoisotopic (exact) mass is 453 g/mol. The molecule has 1 aliphatic carbocycles. The van der Waals surface area contributed by atoms with E-state index in [1.165, 1.54) is 26.4 Å². The molecule has 0 unspecified atom stereocenters. The van der Waals surface area contributed by atoms with Crippen molar-refractivity contribution in [1.29, 1.82) is 0 Å². The molecule has 1 saturated carbocycles. The van der Waals surface area contributed by atoms with Crippen LogP contribution in [0.2, 0.25) is 5.02 Å². The SMILES string of the molecule is COC(=O)N1c2ccc3c(nc(Cc4ncc(Cl)cn4)n3C3CCCCC3)c2CC[C@@H]1C. The number of aromatic nitrogens is 4. The second kappa shape index (κ2) is 8.70. The minimum Gasteiger partial charge on any atom is -0.452 e. The first-order valence-corrected chi connectivity index (χ1v) is 11.8. The maximum atomic E-state index is 12.5. The first kappa shape index (κ1) is 21.2. The fourth-order valence-electron chi connectivity index (χ4n) is 5.27. The van der Waals surface area contributed by atoms with E-state index in [2.05, 4.69) is 33.6 Å². The molecule has 7 nitrogen and oxygen atoms in total. The molecule has 2 aliphatic rings. The van der Waals surface area contributed by atoms with Crippen LogP contribution in [0.25, 0.3) is 11.0 Å². The summed E-state index contributed by atoms with van der Waals surface area (Å²) in [5.41, 5.74) is 4.15. The van der Waals surface area contributed by atoms with Gasteiger partial charge in [-0.1, -0.05) is 30.9 Å². The number of carbonyl (C=O) groups is 1. The number of hydrogen-bond donors (Lipinski definition) is 0. The van der Waals surface area contributed by atoms with E-state index in [4.69, 9.17) is 21.3 Å². The number of rotatable bonds is 3. The maximum Gasteiger partial charge on any atom is 0.414 e. The summed E-state index contributed by atoms with van der Waals surface area (Å²) in [7, 11) is 1.43. The molecule has 0 radical (unpaired) electrons. The fourth-order valence-corrected chi connectivity index (χ4v) is 5.36. The number of anilines is 1. The van der Waals surface area contributed by atoms with Crippen LogP contribution in [0.1, 0.15) is 68.7 Å². The molecule has 0 N–H and O–H groups in total. The van der Waals surface area contributed by atoms with Gasteiger partial charge in [-0.05, 0) is 44.7 Å². The Kier molecular flexibility index (Phi) is 5.76. The van der Waals surface area contributed by atoms with Crippen molar-refractivity contribution in [2.45, 2.75) is 70.4 Å². The van der Waals surface area contributed by atoms with Crippen LogP contribution in [0.15, 0.2) is 24.5 Å². The highest BCUT2D eigenvalue weighted by atomic mass is 35.5. The molecule has 3 heterocycles. The highest BCUT2D eigenvalue weighted by Crippen LogP contribution is 2.39. The Balaban J connectivity index is 1.65. The van der Waals surface area contributed by atoms with Crippen molar-refractivity contribution in [1.82, 2.24) is 19.5 Å².